The number of aliphatic carboxylic acids is 1. The summed E-state index contributed by atoms with van der Waals surface area (Å²) in [4.78, 5) is 22.2. The van der Waals surface area contributed by atoms with Crippen molar-refractivity contribution in [3.8, 4) is 0 Å². The molecule has 0 aromatic heterocycles. The maximum atomic E-state index is 11.6. The zero-order valence-corrected chi connectivity index (χ0v) is 11.5. The van der Waals surface area contributed by atoms with E-state index in [2.05, 4.69) is 5.32 Å². The van der Waals surface area contributed by atoms with Gasteiger partial charge in [-0.25, -0.2) is 0 Å². The molecule has 1 aliphatic heterocycles. The first-order valence-electron chi connectivity index (χ1n) is 6.32. The molecule has 0 radical (unpaired) electrons. The van der Waals surface area contributed by atoms with Gasteiger partial charge in [-0.2, -0.15) is 0 Å². The molecule has 108 valence electrons. The molecule has 20 heavy (non-hydrogen) atoms. The predicted molar refractivity (Wildman–Crippen MR) is 74.0 cm³/mol. The van der Waals surface area contributed by atoms with Crippen LogP contribution >= 0.6 is 11.6 Å². The molecule has 1 saturated heterocycles. The summed E-state index contributed by atoms with van der Waals surface area (Å²) in [6, 6.07) is 4.40. The summed E-state index contributed by atoms with van der Waals surface area (Å²) < 4.78 is 0. The van der Waals surface area contributed by atoms with Gasteiger partial charge in [0.1, 0.15) is 0 Å². The first-order chi connectivity index (χ1) is 9.46. The first kappa shape index (κ1) is 14.7. The second-order valence-corrected chi connectivity index (χ2v) is 5.44. The van der Waals surface area contributed by atoms with E-state index in [1.54, 1.807) is 6.07 Å². The summed E-state index contributed by atoms with van der Waals surface area (Å²) in [6.45, 7) is 1.06. The van der Waals surface area contributed by atoms with Crippen LogP contribution in [0.3, 0.4) is 0 Å². The van der Waals surface area contributed by atoms with Gasteiger partial charge in [0.05, 0.1) is 15.4 Å². The molecule has 0 aliphatic carbocycles. The third kappa shape index (κ3) is 2.76. The van der Waals surface area contributed by atoms with E-state index in [4.69, 9.17) is 11.6 Å². The van der Waals surface area contributed by atoms with Crippen LogP contribution in [-0.2, 0) is 11.2 Å². The first-order valence-corrected chi connectivity index (χ1v) is 6.70. The Morgan fingerprint density at radius 3 is 2.85 bits per heavy atom. The third-order valence-electron chi connectivity index (χ3n) is 3.73. The Morgan fingerprint density at radius 1 is 1.55 bits per heavy atom. The Bertz CT molecular complexity index is 541. The van der Waals surface area contributed by atoms with Gasteiger partial charge in [0, 0.05) is 18.2 Å². The van der Waals surface area contributed by atoms with E-state index in [0.717, 1.165) is 13.0 Å². The molecule has 2 N–H and O–H groups in total. The third-order valence-corrected chi connectivity index (χ3v) is 4.09. The molecule has 1 fully saturated rings. The average Bonchev–Trinajstić information content (AvgIpc) is 2.41. The molecule has 7 heteroatoms. The van der Waals surface area contributed by atoms with Crippen molar-refractivity contribution in [1.82, 2.24) is 5.32 Å². The van der Waals surface area contributed by atoms with Crippen molar-refractivity contribution in [3.63, 3.8) is 0 Å². The predicted octanol–water partition coefficient (Wildman–Crippen LogP) is 2.25. The number of benzene rings is 1. The molecule has 2 rings (SSSR count). The van der Waals surface area contributed by atoms with E-state index < -0.39 is 16.3 Å². The van der Waals surface area contributed by atoms with Crippen molar-refractivity contribution >= 4 is 23.3 Å². The number of nitro benzene ring substituents is 1. The Hall–Kier alpha value is -1.66. The van der Waals surface area contributed by atoms with E-state index in [-0.39, 0.29) is 17.1 Å². The van der Waals surface area contributed by atoms with Gasteiger partial charge in [0.25, 0.3) is 5.69 Å². The van der Waals surface area contributed by atoms with Gasteiger partial charge in [-0.3, -0.25) is 14.9 Å². The Balaban J connectivity index is 2.41. The summed E-state index contributed by atoms with van der Waals surface area (Å²) in [7, 11) is 0. The monoisotopic (exact) mass is 298 g/mol. The van der Waals surface area contributed by atoms with Crippen molar-refractivity contribution in [1.29, 1.82) is 0 Å². The minimum atomic E-state index is -1.03. The Morgan fingerprint density at radius 2 is 2.30 bits per heavy atom. The fraction of sp³-hybridized carbons (Fsp3) is 0.462. The highest BCUT2D eigenvalue weighted by atomic mass is 35.5. The number of carbonyl (C=O) groups is 1. The number of piperidine rings is 1. The minimum Gasteiger partial charge on any atom is -0.481 e. The molecule has 0 amide bonds. The molecule has 0 spiro atoms. The van der Waals surface area contributed by atoms with E-state index in [9.17, 15) is 20.0 Å². The second-order valence-electron chi connectivity index (χ2n) is 5.04. The molecule has 1 heterocycles. The fourth-order valence-corrected chi connectivity index (χ4v) is 2.84. The van der Waals surface area contributed by atoms with Gasteiger partial charge in [0.15, 0.2) is 0 Å². The van der Waals surface area contributed by atoms with Crippen LogP contribution in [0.25, 0.3) is 0 Å². The van der Waals surface area contributed by atoms with Crippen LogP contribution in [0.15, 0.2) is 18.2 Å². The molecular weight excluding hydrogens is 284 g/mol. The van der Waals surface area contributed by atoms with E-state index in [0.29, 0.717) is 18.5 Å². The van der Waals surface area contributed by atoms with E-state index >= 15 is 0 Å². The molecule has 1 aliphatic rings. The van der Waals surface area contributed by atoms with Crippen LogP contribution in [0.5, 0.6) is 0 Å². The van der Waals surface area contributed by atoms with Gasteiger partial charge < -0.3 is 10.4 Å². The van der Waals surface area contributed by atoms with Crippen LogP contribution in [-0.4, -0.2) is 29.1 Å². The average molecular weight is 299 g/mol. The number of nitrogens with one attached hydrogen (secondary N) is 1. The lowest BCUT2D eigenvalue weighted by Gasteiger charge is -2.33. The number of nitrogens with zero attached hydrogens (tertiary/aromatic N) is 1. The zero-order valence-electron chi connectivity index (χ0n) is 10.8. The standard InChI is InChI=1S/C13H15ClN2O4/c14-10-3-1-4-11(16(19)20)9(10)7-13(12(17)18)5-2-6-15-8-13/h1,3-4,15H,2,5-8H2,(H,17,18). The molecule has 1 aromatic carbocycles. The Labute approximate surface area is 120 Å². The van der Waals surface area contributed by atoms with Gasteiger partial charge in [0.2, 0.25) is 0 Å². The molecule has 1 aromatic rings. The van der Waals surface area contributed by atoms with Crippen LogP contribution in [0.1, 0.15) is 18.4 Å². The lowest BCUT2D eigenvalue weighted by molar-refractivity contribution is -0.385. The maximum Gasteiger partial charge on any atom is 0.311 e. The summed E-state index contributed by atoms with van der Waals surface area (Å²) in [6.07, 6.45) is 1.27. The number of halogens is 1. The highest BCUT2D eigenvalue weighted by Crippen LogP contribution is 2.37. The van der Waals surface area contributed by atoms with Crippen molar-refractivity contribution in [2.24, 2.45) is 5.41 Å². The van der Waals surface area contributed by atoms with Gasteiger partial charge >= 0.3 is 5.97 Å². The quantitative estimate of drug-likeness (QED) is 0.657. The number of hydrogen-bond donors (Lipinski definition) is 2. The van der Waals surface area contributed by atoms with Gasteiger partial charge in [-0.05, 0) is 31.9 Å². The molecule has 6 nitrogen and oxygen atoms in total. The normalized spacial score (nSPS) is 22.4. The number of nitro groups is 1. The van der Waals surface area contributed by atoms with E-state index in [1.165, 1.54) is 12.1 Å². The lowest BCUT2D eigenvalue weighted by Crippen LogP contribution is -2.47. The summed E-state index contributed by atoms with van der Waals surface area (Å²) in [5.41, 5.74) is -0.859. The minimum absolute atomic E-state index is 0.0608. The fourth-order valence-electron chi connectivity index (χ4n) is 2.61. The Kier molecular flexibility index (Phi) is 4.25. The second kappa shape index (κ2) is 5.76. The molecule has 0 saturated carbocycles. The van der Waals surface area contributed by atoms with Crippen molar-refractivity contribution in [3.05, 3.63) is 38.9 Å². The molecule has 0 bridgehead atoms. The van der Waals surface area contributed by atoms with E-state index in [1.807, 2.05) is 0 Å². The summed E-state index contributed by atoms with van der Waals surface area (Å²) in [5.74, 6) is -0.945. The largest absolute Gasteiger partial charge is 0.481 e. The zero-order chi connectivity index (χ0) is 14.8. The van der Waals surface area contributed by atoms with Crippen LogP contribution in [0, 0.1) is 15.5 Å². The number of carboxylic acids is 1. The summed E-state index contributed by atoms with van der Waals surface area (Å²) in [5, 5.41) is 23.9. The van der Waals surface area contributed by atoms with Crippen molar-refractivity contribution in [2.75, 3.05) is 13.1 Å². The number of hydrogen-bond acceptors (Lipinski definition) is 4. The van der Waals surface area contributed by atoms with Crippen LogP contribution in [0.2, 0.25) is 5.02 Å². The molecule has 1 atom stereocenters. The number of rotatable bonds is 4. The van der Waals surface area contributed by atoms with Crippen LogP contribution in [0.4, 0.5) is 5.69 Å². The lowest BCUT2D eigenvalue weighted by atomic mass is 9.75. The molecule has 1 unspecified atom stereocenters. The summed E-state index contributed by atoms with van der Waals surface area (Å²) >= 11 is 6.04. The number of carboxylic acid groups (broad SMARTS) is 1. The van der Waals surface area contributed by atoms with Gasteiger partial charge in [-0.1, -0.05) is 17.7 Å². The highest BCUT2D eigenvalue weighted by molar-refractivity contribution is 6.31. The smallest absolute Gasteiger partial charge is 0.311 e. The van der Waals surface area contributed by atoms with Crippen molar-refractivity contribution < 1.29 is 14.8 Å². The molecular formula is C13H15ClN2O4. The van der Waals surface area contributed by atoms with Crippen molar-refractivity contribution in [2.45, 2.75) is 19.3 Å². The maximum absolute atomic E-state index is 11.6. The topological polar surface area (TPSA) is 92.5 Å². The SMILES string of the molecule is O=C(O)C1(Cc2c(Cl)cccc2[N+](=O)[O-])CCCNC1. The van der Waals surface area contributed by atoms with Crippen LogP contribution < -0.4 is 5.32 Å². The van der Waals surface area contributed by atoms with Gasteiger partial charge in [-0.15, -0.1) is 0 Å². The highest BCUT2D eigenvalue weighted by Gasteiger charge is 2.41.